The van der Waals surface area contributed by atoms with Crippen molar-refractivity contribution in [2.24, 2.45) is 0 Å². The smallest absolute Gasteiger partial charge is 0.550 e. The molecule has 5 heteroatoms. The number of hydrogen-bond acceptors (Lipinski definition) is 3. The van der Waals surface area contributed by atoms with E-state index < -0.39 is 11.9 Å². The summed E-state index contributed by atoms with van der Waals surface area (Å²) < 4.78 is 0. The summed E-state index contributed by atoms with van der Waals surface area (Å²) in [7, 11) is 0. The van der Waals surface area contributed by atoms with Crippen molar-refractivity contribution >= 4 is 11.9 Å². The van der Waals surface area contributed by atoms with Crippen LogP contribution in [0.15, 0.2) is 24.3 Å². The monoisotopic (exact) mass is 602 g/mol. The third-order valence-electron chi connectivity index (χ3n) is 7.30. The maximum absolute atomic E-state index is 10.3. The SMILES string of the molecule is CCCCCCCC/C=C\CCCCCCCC(=O)O.CCCCCCCC/C=C\CCCCCCCC(=O)[O-].[K+]. The van der Waals surface area contributed by atoms with Gasteiger partial charge in [0.05, 0.1) is 0 Å². The molecule has 0 saturated carbocycles. The molecule has 0 rings (SSSR count). The Hall–Kier alpha value is 0.0564. The number of carboxylic acids is 2. The summed E-state index contributed by atoms with van der Waals surface area (Å²) in [5, 5.41) is 18.7. The molecular weight excluding hydrogens is 535 g/mol. The van der Waals surface area contributed by atoms with Crippen LogP contribution in [-0.4, -0.2) is 17.0 Å². The fourth-order valence-corrected chi connectivity index (χ4v) is 4.69. The Kier molecular flexibility index (Phi) is 46.8. The molecule has 0 aromatic carbocycles. The fraction of sp³-hybridized carbons (Fsp3) is 0.833. The summed E-state index contributed by atoms with van der Waals surface area (Å²) >= 11 is 0. The Morgan fingerprint density at radius 1 is 0.463 bits per heavy atom. The minimum Gasteiger partial charge on any atom is -0.550 e. The summed E-state index contributed by atoms with van der Waals surface area (Å²) in [6.07, 6.45) is 42.1. The van der Waals surface area contributed by atoms with E-state index in [1.165, 1.54) is 135 Å². The number of rotatable bonds is 30. The van der Waals surface area contributed by atoms with Crippen LogP contribution < -0.4 is 56.5 Å². The molecule has 0 spiro atoms. The summed E-state index contributed by atoms with van der Waals surface area (Å²) in [5.74, 6) is -1.58. The molecule has 0 aromatic rings. The van der Waals surface area contributed by atoms with Gasteiger partial charge in [-0.25, -0.2) is 0 Å². The Balaban J connectivity index is -0.000000688. The molecule has 4 nitrogen and oxygen atoms in total. The molecule has 0 aliphatic rings. The standard InChI is InChI=1S/2C18H34O2.K/c2*1-2-3-4-5-6-7-8-9-10-11-12-13-14-15-16-17-18(19)20;/h2*9-10H,2-8,11-17H2,1H3,(H,19,20);/q;;+1/p-1/b2*10-9-;. The summed E-state index contributed by atoms with van der Waals surface area (Å²) in [4.78, 5) is 20.5. The number of carbonyl (C=O) groups excluding carboxylic acids is 1. The maximum Gasteiger partial charge on any atom is 1.00 e. The van der Waals surface area contributed by atoms with Crippen molar-refractivity contribution in [3.63, 3.8) is 0 Å². The van der Waals surface area contributed by atoms with E-state index in [-0.39, 0.29) is 57.8 Å². The van der Waals surface area contributed by atoms with Crippen LogP contribution in [0.3, 0.4) is 0 Å². The second kappa shape index (κ2) is 42.2. The van der Waals surface area contributed by atoms with Gasteiger partial charge in [-0.15, -0.1) is 0 Å². The van der Waals surface area contributed by atoms with Gasteiger partial charge >= 0.3 is 57.4 Å². The molecule has 0 amide bonds. The van der Waals surface area contributed by atoms with Gasteiger partial charge in [0.15, 0.2) is 0 Å². The Morgan fingerprint density at radius 2 is 0.732 bits per heavy atom. The molecule has 0 saturated heterocycles. The van der Waals surface area contributed by atoms with Gasteiger partial charge in [-0.3, -0.25) is 4.79 Å². The molecule has 0 radical (unpaired) electrons. The number of allylic oxidation sites excluding steroid dienone is 4. The maximum atomic E-state index is 10.3. The van der Waals surface area contributed by atoms with Crippen LogP contribution in [-0.2, 0) is 9.59 Å². The average Bonchev–Trinajstić information content (AvgIpc) is 2.93. The van der Waals surface area contributed by atoms with Crippen LogP contribution >= 0.6 is 0 Å². The predicted molar refractivity (Wildman–Crippen MR) is 172 cm³/mol. The van der Waals surface area contributed by atoms with Crippen molar-refractivity contribution in [3.05, 3.63) is 24.3 Å². The largest absolute Gasteiger partial charge is 1.00 e. The summed E-state index contributed by atoms with van der Waals surface area (Å²) in [6.45, 7) is 4.51. The molecule has 41 heavy (non-hydrogen) atoms. The molecule has 0 heterocycles. The molecule has 0 unspecified atom stereocenters. The molecule has 0 atom stereocenters. The first-order chi connectivity index (χ1) is 19.5. The van der Waals surface area contributed by atoms with E-state index in [4.69, 9.17) is 5.11 Å². The number of aliphatic carboxylic acids is 2. The van der Waals surface area contributed by atoms with Gasteiger partial charge in [0, 0.05) is 12.4 Å². The van der Waals surface area contributed by atoms with E-state index in [1.54, 1.807) is 0 Å². The molecular formula is C36H67KO4. The van der Waals surface area contributed by atoms with Crippen molar-refractivity contribution in [2.75, 3.05) is 0 Å². The Morgan fingerprint density at radius 3 is 1.02 bits per heavy atom. The topological polar surface area (TPSA) is 77.4 Å². The summed E-state index contributed by atoms with van der Waals surface area (Å²) in [6, 6.07) is 0. The second-order valence-corrected chi connectivity index (χ2v) is 11.4. The van der Waals surface area contributed by atoms with Crippen LogP contribution in [0.5, 0.6) is 0 Å². The van der Waals surface area contributed by atoms with Crippen LogP contribution in [0.4, 0.5) is 0 Å². The first-order valence-corrected chi connectivity index (χ1v) is 17.3. The molecule has 236 valence electrons. The number of carbonyl (C=O) groups is 2. The van der Waals surface area contributed by atoms with Crippen LogP contribution in [0.2, 0.25) is 0 Å². The molecule has 0 fully saturated rings. The van der Waals surface area contributed by atoms with Crippen molar-refractivity contribution in [2.45, 2.75) is 194 Å². The normalized spacial score (nSPS) is 11.0. The number of hydrogen-bond donors (Lipinski definition) is 1. The minimum absolute atomic E-state index is 0. The van der Waals surface area contributed by atoms with Crippen LogP contribution in [0.25, 0.3) is 0 Å². The average molecular weight is 603 g/mol. The van der Waals surface area contributed by atoms with E-state index in [0.717, 1.165) is 32.1 Å². The van der Waals surface area contributed by atoms with E-state index in [2.05, 4.69) is 38.2 Å². The zero-order valence-electron chi connectivity index (χ0n) is 27.8. The second-order valence-electron chi connectivity index (χ2n) is 11.4. The first-order valence-electron chi connectivity index (χ1n) is 17.3. The molecule has 0 bridgehead atoms. The minimum atomic E-state index is -0.914. The van der Waals surface area contributed by atoms with Gasteiger partial charge in [0.25, 0.3) is 0 Å². The molecule has 1 N–H and O–H groups in total. The third kappa shape index (κ3) is 50.0. The molecule has 0 aliphatic heterocycles. The van der Waals surface area contributed by atoms with Crippen molar-refractivity contribution in [1.82, 2.24) is 0 Å². The number of unbranched alkanes of at least 4 members (excludes halogenated alkanes) is 22. The van der Waals surface area contributed by atoms with Crippen LogP contribution in [0, 0.1) is 0 Å². The van der Waals surface area contributed by atoms with E-state index in [1.807, 2.05) is 0 Å². The third-order valence-corrected chi connectivity index (χ3v) is 7.30. The molecule has 0 aliphatic carbocycles. The van der Waals surface area contributed by atoms with E-state index in [0.29, 0.717) is 6.42 Å². The van der Waals surface area contributed by atoms with Gasteiger partial charge in [-0.2, -0.15) is 0 Å². The predicted octanol–water partition coefficient (Wildman–Crippen LogP) is 7.89. The zero-order valence-corrected chi connectivity index (χ0v) is 30.9. The fourth-order valence-electron chi connectivity index (χ4n) is 4.69. The van der Waals surface area contributed by atoms with E-state index in [9.17, 15) is 14.7 Å². The van der Waals surface area contributed by atoms with Crippen molar-refractivity contribution < 1.29 is 71.2 Å². The first kappa shape index (κ1) is 45.5. The van der Waals surface area contributed by atoms with Crippen molar-refractivity contribution in [1.29, 1.82) is 0 Å². The zero-order chi connectivity index (χ0) is 29.8. The van der Waals surface area contributed by atoms with Gasteiger partial charge in [-0.1, -0.05) is 141 Å². The Labute approximate surface area is 298 Å². The number of carboxylic acid groups (broad SMARTS) is 2. The molecule has 0 aromatic heterocycles. The van der Waals surface area contributed by atoms with Gasteiger partial charge in [-0.05, 0) is 70.6 Å². The van der Waals surface area contributed by atoms with Gasteiger partial charge in [0.1, 0.15) is 0 Å². The van der Waals surface area contributed by atoms with Crippen molar-refractivity contribution in [3.8, 4) is 0 Å². The summed E-state index contributed by atoms with van der Waals surface area (Å²) in [5.41, 5.74) is 0. The van der Waals surface area contributed by atoms with Gasteiger partial charge < -0.3 is 15.0 Å². The van der Waals surface area contributed by atoms with Crippen LogP contribution in [0.1, 0.15) is 194 Å². The van der Waals surface area contributed by atoms with Gasteiger partial charge in [0.2, 0.25) is 0 Å². The Bertz CT molecular complexity index is 524. The van der Waals surface area contributed by atoms with E-state index >= 15 is 0 Å². The quantitative estimate of drug-likeness (QED) is 0.0515.